The Morgan fingerprint density at radius 3 is 2.33 bits per heavy atom. The topological polar surface area (TPSA) is 100 Å². The SMILES string of the molecule is CC(C)[C@@H](C(=O)N1C[C@H](O)C[C@H]1C(=O)NCc1ccc(-c2c(F)ccc(F)c2F)cc1)n1cc(C(C)(C)C)nn1. The Bertz CT molecular complexity index is 1380. The summed E-state index contributed by atoms with van der Waals surface area (Å²) in [4.78, 5) is 28.2. The van der Waals surface area contributed by atoms with E-state index >= 15 is 0 Å². The van der Waals surface area contributed by atoms with Gasteiger partial charge in [0.05, 0.1) is 17.4 Å². The van der Waals surface area contributed by atoms with Gasteiger partial charge in [0.15, 0.2) is 11.6 Å². The van der Waals surface area contributed by atoms with E-state index in [0.29, 0.717) is 5.56 Å². The van der Waals surface area contributed by atoms with Crippen LogP contribution < -0.4 is 5.32 Å². The molecule has 0 unspecified atom stereocenters. The molecular formula is C29H34F3N5O3. The third-order valence-electron chi connectivity index (χ3n) is 7.07. The molecule has 2 amide bonds. The molecule has 4 rings (SSSR count). The van der Waals surface area contributed by atoms with Gasteiger partial charge in [0, 0.05) is 31.1 Å². The first-order valence-electron chi connectivity index (χ1n) is 13.2. The Balaban J connectivity index is 1.46. The van der Waals surface area contributed by atoms with Crippen LogP contribution in [0.25, 0.3) is 11.1 Å². The van der Waals surface area contributed by atoms with E-state index in [1.807, 2.05) is 34.6 Å². The maximum Gasteiger partial charge on any atom is 0.248 e. The third-order valence-corrected chi connectivity index (χ3v) is 7.07. The van der Waals surface area contributed by atoms with E-state index < -0.39 is 47.1 Å². The molecular weight excluding hydrogens is 523 g/mol. The number of carbonyl (C=O) groups is 2. The summed E-state index contributed by atoms with van der Waals surface area (Å²) < 4.78 is 43.4. The monoisotopic (exact) mass is 557 g/mol. The maximum absolute atomic E-state index is 14.1. The van der Waals surface area contributed by atoms with Crippen molar-refractivity contribution in [3.63, 3.8) is 0 Å². The molecule has 8 nitrogen and oxygen atoms in total. The van der Waals surface area contributed by atoms with Crippen molar-refractivity contribution in [1.29, 1.82) is 0 Å². The van der Waals surface area contributed by atoms with Crippen LogP contribution >= 0.6 is 0 Å². The number of nitrogens with one attached hydrogen (secondary N) is 1. The number of amides is 2. The van der Waals surface area contributed by atoms with Crippen molar-refractivity contribution in [2.45, 2.75) is 71.2 Å². The van der Waals surface area contributed by atoms with Crippen LogP contribution in [-0.2, 0) is 21.5 Å². The number of aliphatic hydroxyl groups is 1. The third kappa shape index (κ3) is 6.04. The fourth-order valence-electron chi connectivity index (χ4n) is 4.82. The van der Waals surface area contributed by atoms with E-state index in [-0.39, 0.29) is 42.3 Å². The molecule has 1 saturated heterocycles. The van der Waals surface area contributed by atoms with Crippen LogP contribution in [0.4, 0.5) is 13.2 Å². The molecule has 1 fully saturated rings. The first-order chi connectivity index (χ1) is 18.8. The Labute approximate surface area is 231 Å². The number of nitrogens with zero attached hydrogens (tertiary/aromatic N) is 4. The zero-order valence-electron chi connectivity index (χ0n) is 23.2. The number of aliphatic hydroxyl groups excluding tert-OH is 1. The second-order valence-electron chi connectivity index (χ2n) is 11.6. The van der Waals surface area contributed by atoms with Crippen LogP contribution in [0.2, 0.25) is 0 Å². The molecule has 0 aliphatic carbocycles. The Morgan fingerprint density at radius 2 is 1.73 bits per heavy atom. The highest BCUT2D eigenvalue weighted by Gasteiger charge is 2.42. The number of hydrogen-bond acceptors (Lipinski definition) is 5. The molecule has 0 radical (unpaired) electrons. The minimum atomic E-state index is -1.27. The molecule has 2 N–H and O–H groups in total. The van der Waals surface area contributed by atoms with E-state index in [1.54, 1.807) is 18.3 Å². The van der Waals surface area contributed by atoms with Gasteiger partial charge in [-0.25, -0.2) is 17.9 Å². The summed E-state index contributed by atoms with van der Waals surface area (Å²) in [5.41, 5.74) is 0.792. The summed E-state index contributed by atoms with van der Waals surface area (Å²) in [5, 5.41) is 21.6. The summed E-state index contributed by atoms with van der Waals surface area (Å²) in [6, 6.07) is 6.01. The summed E-state index contributed by atoms with van der Waals surface area (Å²) in [6.07, 6.45) is 0.975. The largest absolute Gasteiger partial charge is 0.391 e. The number of benzene rings is 2. The lowest BCUT2D eigenvalue weighted by Crippen LogP contribution is -2.49. The van der Waals surface area contributed by atoms with Crippen LogP contribution in [0, 0.1) is 23.4 Å². The number of hydrogen-bond donors (Lipinski definition) is 2. The molecule has 3 atom stereocenters. The fraction of sp³-hybridized carbons (Fsp3) is 0.448. The van der Waals surface area contributed by atoms with Crippen molar-refractivity contribution < 1.29 is 27.9 Å². The van der Waals surface area contributed by atoms with Gasteiger partial charge in [-0.3, -0.25) is 9.59 Å². The van der Waals surface area contributed by atoms with Crippen molar-refractivity contribution in [2.75, 3.05) is 6.54 Å². The highest BCUT2D eigenvalue weighted by Crippen LogP contribution is 2.29. The molecule has 2 aromatic carbocycles. The zero-order valence-corrected chi connectivity index (χ0v) is 23.2. The summed E-state index contributed by atoms with van der Waals surface area (Å²) in [7, 11) is 0. The van der Waals surface area contributed by atoms with Crippen LogP contribution in [0.1, 0.15) is 58.3 Å². The summed E-state index contributed by atoms with van der Waals surface area (Å²) >= 11 is 0. The van der Waals surface area contributed by atoms with Crippen molar-refractivity contribution in [1.82, 2.24) is 25.2 Å². The van der Waals surface area contributed by atoms with Crippen molar-refractivity contribution in [3.8, 4) is 11.1 Å². The molecule has 1 aliphatic rings. The second-order valence-corrected chi connectivity index (χ2v) is 11.6. The Hall–Kier alpha value is -3.73. The first kappa shape index (κ1) is 29.3. The quantitative estimate of drug-likeness (QED) is 0.426. The Morgan fingerprint density at radius 1 is 1.07 bits per heavy atom. The number of likely N-dealkylation sites (tertiary alicyclic amines) is 1. The van der Waals surface area contributed by atoms with Crippen LogP contribution in [-0.4, -0.2) is 55.5 Å². The van der Waals surface area contributed by atoms with Crippen LogP contribution in [0.15, 0.2) is 42.6 Å². The number of β-amino-alcohol motifs (C(OH)–C–C–N with tert-alkyl or cyclic N) is 1. The van der Waals surface area contributed by atoms with Crippen molar-refractivity contribution in [3.05, 3.63) is 71.3 Å². The standard InChI is InChI=1S/C29H34F3N5O3/c1-16(2)26(37-15-23(34-35-37)29(3,4)5)28(40)36-14-19(38)12-22(36)27(39)33-13-17-6-8-18(9-7-17)24-20(30)10-11-21(31)25(24)32/h6-11,15-16,19,22,26,38H,12-14H2,1-5H3,(H,33,39)/t19-,22+,26+/m1/s1. The number of carbonyl (C=O) groups excluding carboxylic acids is 2. The minimum Gasteiger partial charge on any atom is -0.391 e. The lowest BCUT2D eigenvalue weighted by atomic mass is 9.93. The molecule has 0 saturated carbocycles. The van der Waals surface area contributed by atoms with Crippen LogP contribution in [0.3, 0.4) is 0 Å². The predicted molar refractivity (Wildman–Crippen MR) is 142 cm³/mol. The number of halogens is 3. The van der Waals surface area contributed by atoms with Gasteiger partial charge in [0.25, 0.3) is 0 Å². The Kier molecular flexibility index (Phi) is 8.34. The van der Waals surface area contributed by atoms with Gasteiger partial charge in [-0.2, -0.15) is 0 Å². The highest BCUT2D eigenvalue weighted by molar-refractivity contribution is 5.90. The molecule has 0 spiro atoms. The summed E-state index contributed by atoms with van der Waals surface area (Å²) in [5.74, 6) is -4.23. The lowest BCUT2D eigenvalue weighted by Gasteiger charge is -2.29. The van der Waals surface area contributed by atoms with Gasteiger partial charge in [0.2, 0.25) is 11.8 Å². The second kappa shape index (κ2) is 11.4. The minimum absolute atomic E-state index is 0.0143. The van der Waals surface area contributed by atoms with Gasteiger partial charge >= 0.3 is 0 Å². The molecule has 11 heteroatoms. The zero-order chi connectivity index (χ0) is 29.4. The molecule has 2 heterocycles. The van der Waals surface area contributed by atoms with E-state index in [2.05, 4.69) is 15.6 Å². The van der Waals surface area contributed by atoms with Gasteiger partial charge in [-0.05, 0) is 29.2 Å². The average molecular weight is 558 g/mol. The predicted octanol–water partition coefficient (Wildman–Crippen LogP) is 4.14. The molecule has 0 bridgehead atoms. The molecule has 1 aliphatic heterocycles. The van der Waals surface area contributed by atoms with E-state index in [0.717, 1.165) is 17.8 Å². The first-order valence-corrected chi connectivity index (χ1v) is 13.2. The smallest absolute Gasteiger partial charge is 0.248 e. The highest BCUT2D eigenvalue weighted by atomic mass is 19.2. The van der Waals surface area contributed by atoms with Crippen molar-refractivity contribution >= 4 is 11.8 Å². The van der Waals surface area contributed by atoms with Gasteiger partial charge in [0.1, 0.15) is 17.9 Å². The molecule has 214 valence electrons. The lowest BCUT2D eigenvalue weighted by molar-refractivity contribution is -0.142. The van der Waals surface area contributed by atoms with Crippen molar-refractivity contribution in [2.24, 2.45) is 5.92 Å². The van der Waals surface area contributed by atoms with E-state index in [9.17, 15) is 27.9 Å². The van der Waals surface area contributed by atoms with E-state index in [4.69, 9.17) is 0 Å². The average Bonchev–Trinajstić information content (AvgIpc) is 3.53. The number of aromatic nitrogens is 3. The molecule has 3 aromatic rings. The van der Waals surface area contributed by atoms with Gasteiger partial charge < -0.3 is 15.3 Å². The summed E-state index contributed by atoms with van der Waals surface area (Å²) in [6.45, 7) is 9.85. The van der Waals surface area contributed by atoms with Gasteiger partial charge in [-0.15, -0.1) is 5.10 Å². The fourth-order valence-corrected chi connectivity index (χ4v) is 4.82. The molecule has 40 heavy (non-hydrogen) atoms. The van der Waals surface area contributed by atoms with Crippen LogP contribution in [0.5, 0.6) is 0 Å². The van der Waals surface area contributed by atoms with Gasteiger partial charge in [-0.1, -0.05) is 64.1 Å². The number of rotatable bonds is 7. The maximum atomic E-state index is 14.1. The normalized spacial score (nSPS) is 18.3. The molecule has 1 aromatic heterocycles. The van der Waals surface area contributed by atoms with E-state index in [1.165, 1.54) is 21.7 Å².